The third-order valence-corrected chi connectivity index (χ3v) is 5.33. The van der Waals surface area contributed by atoms with Crippen molar-refractivity contribution in [1.82, 2.24) is 14.5 Å². The van der Waals surface area contributed by atoms with Gasteiger partial charge in [0, 0.05) is 17.8 Å². The maximum atomic E-state index is 12.7. The van der Waals surface area contributed by atoms with E-state index in [1.165, 1.54) is 6.20 Å². The zero-order chi connectivity index (χ0) is 16.4. The Labute approximate surface area is 136 Å². The van der Waals surface area contributed by atoms with Crippen LogP contribution in [0.5, 0.6) is 5.75 Å². The first-order valence-electron chi connectivity index (χ1n) is 7.75. The predicted molar refractivity (Wildman–Crippen MR) is 86.8 cm³/mol. The van der Waals surface area contributed by atoms with Crippen LogP contribution in [0.1, 0.15) is 44.3 Å². The molecular formula is C16H21N3O3S. The largest absolute Gasteiger partial charge is 0.493 e. The second-order valence-electron chi connectivity index (χ2n) is 5.95. The number of para-hydroxylation sites is 1. The number of ether oxygens (including phenoxy) is 1. The van der Waals surface area contributed by atoms with Gasteiger partial charge in [-0.3, -0.25) is 4.68 Å². The molecule has 0 spiro atoms. The Balaban J connectivity index is 1.88. The van der Waals surface area contributed by atoms with Crippen LogP contribution in [-0.4, -0.2) is 24.8 Å². The lowest BCUT2D eigenvalue weighted by Crippen LogP contribution is -2.28. The third kappa shape index (κ3) is 3.40. The Kier molecular flexibility index (Phi) is 4.41. The van der Waals surface area contributed by atoms with Gasteiger partial charge in [-0.05, 0) is 32.8 Å². The molecular weight excluding hydrogens is 314 g/mol. The Hall–Kier alpha value is -1.86. The number of rotatable bonds is 4. The highest BCUT2D eigenvalue weighted by Crippen LogP contribution is 2.32. The molecule has 1 aromatic carbocycles. The maximum absolute atomic E-state index is 12.7. The molecule has 0 saturated carbocycles. The van der Waals surface area contributed by atoms with E-state index in [-0.39, 0.29) is 17.0 Å². The van der Waals surface area contributed by atoms with Gasteiger partial charge in [0.1, 0.15) is 10.6 Å². The van der Waals surface area contributed by atoms with E-state index in [1.807, 2.05) is 38.1 Å². The molecule has 6 nitrogen and oxygen atoms in total. The van der Waals surface area contributed by atoms with E-state index < -0.39 is 10.0 Å². The van der Waals surface area contributed by atoms with Crippen molar-refractivity contribution < 1.29 is 13.2 Å². The smallest absolute Gasteiger partial charge is 0.244 e. The van der Waals surface area contributed by atoms with Crippen molar-refractivity contribution in [1.29, 1.82) is 0 Å². The fraction of sp³-hybridized carbons (Fsp3) is 0.438. The SMILES string of the molecule is CC(C)n1cc(S(=O)(=O)N[C@H]2CCCOc3ccccc32)cn1. The molecule has 1 aliphatic heterocycles. The molecule has 0 fully saturated rings. The average molecular weight is 335 g/mol. The van der Waals surface area contributed by atoms with Crippen molar-refractivity contribution in [3.8, 4) is 5.75 Å². The minimum atomic E-state index is -3.62. The van der Waals surface area contributed by atoms with Crippen molar-refractivity contribution in [2.45, 2.75) is 43.7 Å². The summed E-state index contributed by atoms with van der Waals surface area (Å²) in [7, 11) is -3.62. The van der Waals surface area contributed by atoms with Gasteiger partial charge in [-0.25, -0.2) is 13.1 Å². The highest BCUT2D eigenvalue weighted by molar-refractivity contribution is 7.89. The monoisotopic (exact) mass is 335 g/mol. The first-order chi connectivity index (χ1) is 11.0. The van der Waals surface area contributed by atoms with Crippen LogP contribution >= 0.6 is 0 Å². The van der Waals surface area contributed by atoms with Crippen LogP contribution in [0.4, 0.5) is 0 Å². The quantitative estimate of drug-likeness (QED) is 0.932. The summed E-state index contributed by atoms with van der Waals surface area (Å²) < 4.78 is 35.4. The summed E-state index contributed by atoms with van der Waals surface area (Å²) in [6, 6.07) is 7.39. The Morgan fingerprint density at radius 2 is 2.13 bits per heavy atom. The summed E-state index contributed by atoms with van der Waals surface area (Å²) in [6.45, 7) is 4.51. The van der Waals surface area contributed by atoms with Crippen molar-refractivity contribution >= 4 is 10.0 Å². The molecule has 2 heterocycles. The van der Waals surface area contributed by atoms with E-state index in [4.69, 9.17) is 4.74 Å². The molecule has 0 saturated heterocycles. The standard InChI is InChI=1S/C16H21N3O3S/c1-12(2)19-11-13(10-17-19)23(20,21)18-15-7-5-9-22-16-8-4-3-6-14(15)16/h3-4,6,8,10-12,15,18H,5,7,9H2,1-2H3/t15-/m0/s1. The zero-order valence-electron chi connectivity index (χ0n) is 13.3. The van der Waals surface area contributed by atoms with Crippen LogP contribution in [0, 0.1) is 0 Å². The molecule has 2 aromatic rings. The number of aromatic nitrogens is 2. The molecule has 124 valence electrons. The number of hydrogen-bond donors (Lipinski definition) is 1. The Morgan fingerprint density at radius 3 is 2.87 bits per heavy atom. The molecule has 0 amide bonds. The first-order valence-corrected chi connectivity index (χ1v) is 9.24. The van der Waals surface area contributed by atoms with Crippen LogP contribution in [0.15, 0.2) is 41.6 Å². The van der Waals surface area contributed by atoms with E-state index in [0.717, 1.165) is 17.7 Å². The minimum Gasteiger partial charge on any atom is -0.493 e. The lowest BCUT2D eigenvalue weighted by Gasteiger charge is -2.17. The molecule has 0 aliphatic carbocycles. The second-order valence-corrected chi connectivity index (χ2v) is 7.67. The van der Waals surface area contributed by atoms with Gasteiger partial charge < -0.3 is 4.74 Å². The lowest BCUT2D eigenvalue weighted by molar-refractivity contribution is 0.316. The average Bonchev–Trinajstić information content (AvgIpc) is 2.94. The van der Waals surface area contributed by atoms with Crippen molar-refractivity contribution in [2.75, 3.05) is 6.61 Å². The molecule has 0 bridgehead atoms. The number of fused-ring (bicyclic) bond motifs is 1. The summed E-state index contributed by atoms with van der Waals surface area (Å²) in [5, 5.41) is 4.11. The van der Waals surface area contributed by atoms with Crippen LogP contribution in [0.2, 0.25) is 0 Å². The van der Waals surface area contributed by atoms with E-state index in [1.54, 1.807) is 10.9 Å². The van der Waals surface area contributed by atoms with E-state index >= 15 is 0 Å². The third-order valence-electron chi connectivity index (χ3n) is 3.90. The van der Waals surface area contributed by atoms with Gasteiger partial charge in [0.15, 0.2) is 0 Å². The van der Waals surface area contributed by atoms with Crippen molar-refractivity contribution in [3.05, 3.63) is 42.2 Å². The van der Waals surface area contributed by atoms with Gasteiger partial charge in [0.2, 0.25) is 10.0 Å². The molecule has 0 radical (unpaired) electrons. The van der Waals surface area contributed by atoms with Crippen molar-refractivity contribution in [3.63, 3.8) is 0 Å². The number of nitrogens with zero attached hydrogens (tertiary/aromatic N) is 2. The summed E-state index contributed by atoms with van der Waals surface area (Å²) >= 11 is 0. The molecule has 3 rings (SSSR count). The van der Waals surface area contributed by atoms with Crippen LogP contribution in [0.25, 0.3) is 0 Å². The van der Waals surface area contributed by atoms with Gasteiger partial charge in [-0.1, -0.05) is 18.2 Å². The van der Waals surface area contributed by atoms with E-state index in [9.17, 15) is 8.42 Å². The fourth-order valence-corrected chi connectivity index (χ4v) is 3.83. The number of nitrogens with one attached hydrogen (secondary N) is 1. The molecule has 1 aromatic heterocycles. The number of benzene rings is 1. The molecule has 7 heteroatoms. The molecule has 1 N–H and O–H groups in total. The van der Waals surface area contributed by atoms with Gasteiger partial charge >= 0.3 is 0 Å². The van der Waals surface area contributed by atoms with Crippen LogP contribution in [-0.2, 0) is 10.0 Å². The van der Waals surface area contributed by atoms with Gasteiger partial charge in [0.25, 0.3) is 0 Å². The normalized spacial score (nSPS) is 18.3. The van der Waals surface area contributed by atoms with Gasteiger partial charge in [-0.2, -0.15) is 5.10 Å². The Morgan fingerprint density at radius 1 is 1.35 bits per heavy atom. The van der Waals surface area contributed by atoms with Crippen LogP contribution < -0.4 is 9.46 Å². The number of hydrogen-bond acceptors (Lipinski definition) is 4. The van der Waals surface area contributed by atoms with Crippen molar-refractivity contribution in [2.24, 2.45) is 0 Å². The van der Waals surface area contributed by atoms with E-state index in [2.05, 4.69) is 9.82 Å². The Bertz CT molecular complexity index is 783. The summed E-state index contributed by atoms with van der Waals surface area (Å²) in [5.41, 5.74) is 0.879. The maximum Gasteiger partial charge on any atom is 0.244 e. The zero-order valence-corrected chi connectivity index (χ0v) is 14.1. The first kappa shape index (κ1) is 16.0. The summed E-state index contributed by atoms with van der Waals surface area (Å²) in [4.78, 5) is 0.189. The predicted octanol–water partition coefficient (Wildman–Crippen LogP) is 2.66. The highest BCUT2D eigenvalue weighted by atomic mass is 32.2. The number of sulfonamides is 1. The molecule has 0 unspecified atom stereocenters. The highest BCUT2D eigenvalue weighted by Gasteiger charge is 2.26. The van der Waals surface area contributed by atoms with Gasteiger partial charge in [0.05, 0.1) is 18.8 Å². The summed E-state index contributed by atoms with van der Waals surface area (Å²) in [6.07, 6.45) is 4.45. The second kappa shape index (κ2) is 6.33. The molecule has 23 heavy (non-hydrogen) atoms. The fourth-order valence-electron chi connectivity index (χ4n) is 2.64. The lowest BCUT2D eigenvalue weighted by atomic mass is 10.0. The van der Waals surface area contributed by atoms with Gasteiger partial charge in [-0.15, -0.1) is 0 Å². The van der Waals surface area contributed by atoms with E-state index in [0.29, 0.717) is 13.0 Å². The molecule has 1 aliphatic rings. The molecule has 1 atom stereocenters. The summed E-state index contributed by atoms with van der Waals surface area (Å²) in [5.74, 6) is 0.746. The topological polar surface area (TPSA) is 73.2 Å². The van der Waals surface area contributed by atoms with Crippen LogP contribution in [0.3, 0.4) is 0 Å². The minimum absolute atomic E-state index is 0.117.